The van der Waals surface area contributed by atoms with Crippen molar-refractivity contribution in [3.05, 3.63) is 47.9 Å². The van der Waals surface area contributed by atoms with Gasteiger partial charge in [0.25, 0.3) is 0 Å². The lowest BCUT2D eigenvalue weighted by molar-refractivity contribution is 0.566. The molecule has 0 bridgehead atoms. The van der Waals surface area contributed by atoms with E-state index in [4.69, 9.17) is 5.73 Å². The summed E-state index contributed by atoms with van der Waals surface area (Å²) in [6.07, 6.45) is 8.94. The van der Waals surface area contributed by atoms with Crippen LogP contribution in [0.5, 0.6) is 0 Å². The Hall–Kier alpha value is -0.730. The molecule has 0 aromatic carbocycles. The summed E-state index contributed by atoms with van der Waals surface area (Å²) in [7, 11) is 0. The van der Waals surface area contributed by atoms with Crippen molar-refractivity contribution >= 4 is 11.8 Å². The molecule has 0 heterocycles. The number of allylic oxidation sites excluding steroid dienone is 4. The summed E-state index contributed by atoms with van der Waals surface area (Å²) >= 11 is 1.79. The van der Waals surface area contributed by atoms with Gasteiger partial charge in [-0.3, -0.25) is 0 Å². The van der Waals surface area contributed by atoms with E-state index in [0.29, 0.717) is 17.8 Å². The molecular formula is C22H39NS. The molecule has 0 amide bonds. The highest BCUT2D eigenvalue weighted by Gasteiger charge is 2.11. The van der Waals surface area contributed by atoms with Gasteiger partial charge in [0, 0.05) is 11.8 Å². The maximum absolute atomic E-state index is 6.11. The molecule has 0 aromatic rings. The van der Waals surface area contributed by atoms with E-state index in [-0.39, 0.29) is 6.04 Å². The van der Waals surface area contributed by atoms with E-state index in [1.165, 1.54) is 11.1 Å². The third-order valence-electron chi connectivity index (χ3n) is 3.93. The zero-order chi connectivity index (χ0) is 18.7. The van der Waals surface area contributed by atoms with Gasteiger partial charge in [-0.2, -0.15) is 0 Å². The molecule has 0 aliphatic heterocycles. The lowest BCUT2D eigenvalue weighted by atomic mass is 9.90. The lowest BCUT2D eigenvalue weighted by Crippen LogP contribution is -2.27. The standard InChI is InChI=1S/C22H39NS/c1-16(2)13-19(7)15-21(14-17(3)4)11-9-10-12-24-20(8)22(23)18(5)6/h9,11,16,18,21-22H,3,7-8,10,12-15,23H2,1-2,4-6H3/b11-9+. The molecule has 138 valence electrons. The molecule has 0 radical (unpaired) electrons. The molecular weight excluding hydrogens is 310 g/mol. The average Bonchev–Trinajstić information content (AvgIpc) is 2.43. The van der Waals surface area contributed by atoms with Crippen LogP contribution in [0.1, 0.15) is 60.3 Å². The molecule has 2 N–H and O–H groups in total. The van der Waals surface area contributed by atoms with Gasteiger partial charge in [0.1, 0.15) is 0 Å². The fourth-order valence-corrected chi connectivity index (χ4v) is 3.68. The fourth-order valence-electron chi connectivity index (χ4n) is 2.70. The van der Waals surface area contributed by atoms with Gasteiger partial charge in [-0.1, -0.05) is 64.2 Å². The summed E-state index contributed by atoms with van der Waals surface area (Å²) in [5.41, 5.74) is 8.71. The Balaban J connectivity index is 4.33. The molecule has 2 heteroatoms. The van der Waals surface area contributed by atoms with Gasteiger partial charge in [0.05, 0.1) is 0 Å². The molecule has 2 atom stereocenters. The van der Waals surface area contributed by atoms with Crippen LogP contribution in [0.25, 0.3) is 0 Å². The molecule has 24 heavy (non-hydrogen) atoms. The van der Waals surface area contributed by atoms with Crippen molar-refractivity contribution in [1.29, 1.82) is 0 Å². The van der Waals surface area contributed by atoms with Gasteiger partial charge in [-0.05, 0) is 55.3 Å². The Kier molecular flexibility index (Phi) is 12.2. The number of thioether (sulfide) groups is 1. The van der Waals surface area contributed by atoms with E-state index in [9.17, 15) is 0 Å². The van der Waals surface area contributed by atoms with Crippen LogP contribution in [0, 0.1) is 17.8 Å². The first-order valence-electron chi connectivity index (χ1n) is 9.18. The molecule has 0 saturated carbocycles. The van der Waals surface area contributed by atoms with Crippen molar-refractivity contribution in [2.75, 3.05) is 5.75 Å². The van der Waals surface area contributed by atoms with Crippen molar-refractivity contribution in [2.45, 2.75) is 66.3 Å². The largest absolute Gasteiger partial charge is 0.323 e. The van der Waals surface area contributed by atoms with Crippen LogP contribution in [0.3, 0.4) is 0 Å². The molecule has 0 spiro atoms. The molecule has 0 aliphatic carbocycles. The maximum atomic E-state index is 6.11. The molecule has 0 aromatic heterocycles. The van der Waals surface area contributed by atoms with Crippen LogP contribution in [-0.4, -0.2) is 11.8 Å². The Labute approximate surface area is 155 Å². The van der Waals surface area contributed by atoms with Crippen molar-refractivity contribution in [1.82, 2.24) is 0 Å². The molecule has 0 rings (SSSR count). The van der Waals surface area contributed by atoms with E-state index in [0.717, 1.165) is 36.3 Å². The normalized spacial score (nSPS) is 14.3. The zero-order valence-corrected chi connectivity index (χ0v) is 17.4. The second-order valence-corrected chi connectivity index (χ2v) is 9.00. The first-order chi connectivity index (χ1) is 11.1. The third kappa shape index (κ3) is 11.8. The molecule has 2 unspecified atom stereocenters. The predicted molar refractivity (Wildman–Crippen MR) is 114 cm³/mol. The second-order valence-electron chi connectivity index (χ2n) is 7.77. The van der Waals surface area contributed by atoms with Crippen LogP contribution in [-0.2, 0) is 0 Å². The summed E-state index contributed by atoms with van der Waals surface area (Å²) in [5.74, 6) is 2.70. The van der Waals surface area contributed by atoms with Gasteiger partial charge >= 0.3 is 0 Å². The van der Waals surface area contributed by atoms with Gasteiger partial charge < -0.3 is 5.73 Å². The van der Waals surface area contributed by atoms with E-state index in [1.54, 1.807) is 11.8 Å². The molecule has 0 fully saturated rings. The summed E-state index contributed by atoms with van der Waals surface area (Å²) in [4.78, 5) is 1.10. The van der Waals surface area contributed by atoms with Gasteiger partial charge in [-0.15, -0.1) is 18.3 Å². The summed E-state index contributed by atoms with van der Waals surface area (Å²) in [5, 5.41) is 0. The first-order valence-corrected chi connectivity index (χ1v) is 10.2. The van der Waals surface area contributed by atoms with Gasteiger partial charge in [0.2, 0.25) is 0 Å². The number of hydrogen-bond acceptors (Lipinski definition) is 2. The topological polar surface area (TPSA) is 26.0 Å². The monoisotopic (exact) mass is 349 g/mol. The van der Waals surface area contributed by atoms with E-state index in [1.807, 2.05) is 0 Å². The number of rotatable bonds is 13. The van der Waals surface area contributed by atoms with E-state index >= 15 is 0 Å². The van der Waals surface area contributed by atoms with E-state index < -0.39 is 0 Å². The van der Waals surface area contributed by atoms with Crippen LogP contribution >= 0.6 is 11.8 Å². The Bertz CT molecular complexity index is 431. The molecule has 0 aliphatic rings. The molecule has 0 saturated heterocycles. The van der Waals surface area contributed by atoms with Crippen molar-refractivity contribution < 1.29 is 0 Å². The van der Waals surface area contributed by atoms with Crippen molar-refractivity contribution in [3.8, 4) is 0 Å². The van der Waals surface area contributed by atoms with Crippen molar-refractivity contribution in [3.63, 3.8) is 0 Å². The smallest absolute Gasteiger partial charge is 0.0372 e. The quantitative estimate of drug-likeness (QED) is 0.294. The third-order valence-corrected chi connectivity index (χ3v) is 5.01. The Morgan fingerprint density at radius 2 is 1.67 bits per heavy atom. The average molecular weight is 350 g/mol. The predicted octanol–water partition coefficient (Wildman–Crippen LogP) is 6.74. The van der Waals surface area contributed by atoms with Crippen LogP contribution in [0.15, 0.2) is 47.9 Å². The zero-order valence-electron chi connectivity index (χ0n) is 16.6. The van der Waals surface area contributed by atoms with Crippen LogP contribution < -0.4 is 5.73 Å². The first kappa shape index (κ1) is 23.3. The van der Waals surface area contributed by atoms with Gasteiger partial charge in [0.15, 0.2) is 0 Å². The van der Waals surface area contributed by atoms with Gasteiger partial charge in [-0.25, -0.2) is 0 Å². The Morgan fingerprint density at radius 1 is 1.04 bits per heavy atom. The lowest BCUT2D eigenvalue weighted by Gasteiger charge is -2.18. The minimum atomic E-state index is 0.0921. The van der Waals surface area contributed by atoms with E-state index in [2.05, 4.69) is 66.5 Å². The highest BCUT2D eigenvalue weighted by Crippen LogP contribution is 2.25. The van der Waals surface area contributed by atoms with Crippen LogP contribution in [0.4, 0.5) is 0 Å². The minimum absolute atomic E-state index is 0.0921. The highest BCUT2D eigenvalue weighted by atomic mass is 32.2. The number of hydrogen-bond donors (Lipinski definition) is 1. The second kappa shape index (κ2) is 12.6. The SMILES string of the molecule is C=C(C)CC(/C=C/CCSC(=C)C(N)C(C)C)CC(=C)CC(C)C. The van der Waals surface area contributed by atoms with Crippen molar-refractivity contribution in [2.24, 2.45) is 23.5 Å². The van der Waals surface area contributed by atoms with Crippen LogP contribution in [0.2, 0.25) is 0 Å². The summed E-state index contributed by atoms with van der Waals surface area (Å²) < 4.78 is 0. The molecule has 1 nitrogen and oxygen atoms in total. The Morgan fingerprint density at radius 3 is 2.17 bits per heavy atom. The fraction of sp³-hybridized carbons (Fsp3) is 0.636. The number of nitrogens with two attached hydrogens (primary N) is 1. The highest BCUT2D eigenvalue weighted by molar-refractivity contribution is 8.03. The summed E-state index contributed by atoms with van der Waals surface area (Å²) in [6.45, 7) is 23.3. The maximum Gasteiger partial charge on any atom is 0.0372 e. The minimum Gasteiger partial charge on any atom is -0.323 e. The summed E-state index contributed by atoms with van der Waals surface area (Å²) in [6, 6.07) is 0.0921.